The minimum atomic E-state index is -4.10. The van der Waals surface area contributed by atoms with Gasteiger partial charge >= 0.3 is 0 Å². The first-order valence-electron chi connectivity index (χ1n) is 26.6. The molecule has 4 aliphatic rings. The molecule has 0 spiro atoms. The number of nitrogens with one attached hydrogen (secondary N) is 2. The summed E-state index contributed by atoms with van der Waals surface area (Å²) >= 11 is 0. The first-order chi connectivity index (χ1) is 37.4. The van der Waals surface area contributed by atoms with Crippen LogP contribution in [-0.2, 0) is 67.6 Å². The normalized spacial score (nSPS) is 17.8. The van der Waals surface area contributed by atoms with Crippen LogP contribution in [0.4, 0.5) is 17.1 Å². The Balaban J connectivity index is 0.939. The molecule has 5 aromatic carbocycles. The second kappa shape index (κ2) is 23.9. The van der Waals surface area contributed by atoms with E-state index in [0.29, 0.717) is 94.1 Å². The van der Waals surface area contributed by atoms with Crippen molar-refractivity contribution in [2.24, 2.45) is 5.92 Å². The summed E-state index contributed by atoms with van der Waals surface area (Å²) in [6.07, 6.45) is 4.91. The topological polar surface area (TPSA) is 187 Å². The second-order valence-electron chi connectivity index (χ2n) is 21.3. The SMILES string of the molecule is CNC(=O)CCCSSC(C)(C)CCC(=O)C[C@@H](C)C(=O)Nc1cc(COc2cc3c(cc2C)C(=O)N2c4ccccc4C[C@H]2C(S(=O)(=O)OC)C3)cc(COc2cc3c(cc2OC)C(=O)N2c4ccccc4C[C@H]2CC3)c1. The molecule has 15 nitrogen and oxygen atoms in total. The first-order valence-corrected chi connectivity index (χ1v) is 30.3. The lowest BCUT2D eigenvalue weighted by atomic mass is 9.97. The van der Waals surface area contributed by atoms with E-state index in [1.54, 1.807) is 71.8 Å². The lowest BCUT2D eigenvalue weighted by Gasteiger charge is -2.28. The van der Waals surface area contributed by atoms with Crippen LogP contribution in [0.25, 0.3) is 0 Å². The van der Waals surface area contributed by atoms with Gasteiger partial charge in [-0.25, -0.2) is 0 Å². The number of carbonyl (C=O) groups is 5. The number of fused-ring (bicyclic) bond motifs is 8. The molecule has 0 bridgehead atoms. The highest BCUT2D eigenvalue weighted by molar-refractivity contribution is 8.77. The predicted molar refractivity (Wildman–Crippen MR) is 307 cm³/mol. The van der Waals surface area contributed by atoms with Crippen molar-refractivity contribution in [2.75, 3.05) is 42.1 Å². The van der Waals surface area contributed by atoms with E-state index in [2.05, 4.69) is 30.5 Å². The Morgan fingerprint density at radius 1 is 0.769 bits per heavy atom. The van der Waals surface area contributed by atoms with Crippen molar-refractivity contribution in [1.82, 2.24) is 5.32 Å². The van der Waals surface area contributed by atoms with Crippen LogP contribution in [0.3, 0.4) is 0 Å². The van der Waals surface area contributed by atoms with Crippen molar-refractivity contribution >= 4 is 78.2 Å². The highest BCUT2D eigenvalue weighted by atomic mass is 33.1. The number of hydrogen-bond acceptors (Lipinski definition) is 13. The number of aryl methyl sites for hydroxylation is 2. The Labute approximate surface area is 465 Å². The van der Waals surface area contributed by atoms with Crippen molar-refractivity contribution in [3.05, 3.63) is 141 Å². The molecular formula is C60H68N4O11S3. The molecule has 0 aliphatic carbocycles. The fourth-order valence-electron chi connectivity index (χ4n) is 11.0. The Bertz CT molecular complexity index is 3250. The maximum atomic E-state index is 14.4. The average Bonchev–Trinajstić information content (AvgIpc) is 3.96. The molecule has 78 heavy (non-hydrogen) atoms. The van der Waals surface area contributed by atoms with Gasteiger partial charge < -0.3 is 34.6 Å². The summed E-state index contributed by atoms with van der Waals surface area (Å²) in [5.41, 5.74) is 8.52. The summed E-state index contributed by atoms with van der Waals surface area (Å²) in [6.45, 7) is 7.84. The molecule has 9 rings (SSSR count). The summed E-state index contributed by atoms with van der Waals surface area (Å²) in [7, 11) is 3.62. The van der Waals surface area contributed by atoms with Crippen LogP contribution in [0.2, 0.25) is 0 Å². The number of Topliss-reactive ketones (excluding diaryl/α,β-unsaturated/α-hetero) is 1. The van der Waals surface area contributed by atoms with Crippen molar-refractivity contribution in [3.8, 4) is 17.2 Å². The summed E-state index contributed by atoms with van der Waals surface area (Å²) in [6, 6.07) is 27.6. The van der Waals surface area contributed by atoms with Crippen LogP contribution in [-0.4, -0.2) is 86.9 Å². The molecule has 4 amide bonds. The number of methoxy groups -OCH3 is 1. The third-order valence-electron chi connectivity index (χ3n) is 15.3. The standard InChI is InChI=1S/C60H68N4O11S3/c1-36-24-47-43(32-55(78(70,71)73-7)51-29-42-14-9-11-16-50(42)64(51)59(47)69)31-52(36)74-34-38-25-39(27-44(26-38)62-57(67)37(2)23-46(65)20-21-60(3,4)77-76-22-12-17-56(66)61-5)35-75-54-30-40-18-19-45-28-41-13-8-10-15-49(41)63(45)58(68)48(40)33-53(54)72-6/h8-11,13-16,24-27,30-31,33,37,45,51,55H,12,17-23,28-29,32,34-35H2,1-7H3,(H,61,66)(H,62,67)/t37-,45-,51+,55?/m1/s1. The first kappa shape index (κ1) is 56.4. The molecule has 0 saturated heterocycles. The fraction of sp³-hybridized carbons (Fsp3) is 0.417. The number of nitrogens with zero attached hydrogens (tertiary/aromatic N) is 2. The molecule has 4 atom stereocenters. The van der Waals surface area contributed by atoms with Crippen molar-refractivity contribution in [1.29, 1.82) is 0 Å². The molecule has 18 heteroatoms. The van der Waals surface area contributed by atoms with Gasteiger partial charge in [-0.05, 0) is 159 Å². The smallest absolute Gasteiger partial charge is 0.272 e. The average molecular weight is 1120 g/mol. The largest absolute Gasteiger partial charge is 0.493 e. The quantitative estimate of drug-likeness (QED) is 0.0379. The number of rotatable bonds is 22. The minimum Gasteiger partial charge on any atom is -0.493 e. The second-order valence-corrected chi connectivity index (χ2v) is 26.4. The van der Waals surface area contributed by atoms with Crippen LogP contribution < -0.4 is 34.6 Å². The zero-order chi connectivity index (χ0) is 55.5. The number of hydrogen-bond donors (Lipinski definition) is 2. The third-order valence-corrected chi connectivity index (χ3v) is 20.4. The summed E-state index contributed by atoms with van der Waals surface area (Å²) in [5.74, 6) is 0.813. The molecular weight excluding hydrogens is 1050 g/mol. The molecule has 5 aromatic rings. The molecule has 412 valence electrons. The van der Waals surface area contributed by atoms with E-state index in [9.17, 15) is 32.4 Å². The van der Waals surface area contributed by atoms with Gasteiger partial charge in [0, 0.05) is 77.0 Å². The van der Waals surface area contributed by atoms with Crippen molar-refractivity contribution in [3.63, 3.8) is 0 Å². The predicted octanol–water partition coefficient (Wildman–Crippen LogP) is 10.2. The van der Waals surface area contributed by atoms with Crippen LogP contribution in [0.15, 0.2) is 91.0 Å². The summed E-state index contributed by atoms with van der Waals surface area (Å²) in [5, 5.41) is 4.65. The molecule has 0 aromatic heterocycles. The van der Waals surface area contributed by atoms with Gasteiger partial charge in [-0.2, -0.15) is 8.42 Å². The van der Waals surface area contributed by atoms with Gasteiger partial charge in [-0.3, -0.25) is 28.2 Å². The number of anilines is 3. The van der Waals surface area contributed by atoms with Gasteiger partial charge in [0.15, 0.2) is 11.5 Å². The summed E-state index contributed by atoms with van der Waals surface area (Å²) in [4.78, 5) is 71.0. The van der Waals surface area contributed by atoms with Crippen molar-refractivity contribution in [2.45, 2.75) is 127 Å². The maximum absolute atomic E-state index is 14.4. The van der Waals surface area contributed by atoms with E-state index in [4.69, 9.17) is 18.4 Å². The number of benzene rings is 5. The van der Waals surface area contributed by atoms with Gasteiger partial charge in [0.2, 0.25) is 11.8 Å². The van der Waals surface area contributed by atoms with Gasteiger partial charge in [0.05, 0.1) is 20.3 Å². The van der Waals surface area contributed by atoms with Gasteiger partial charge in [-0.15, -0.1) is 0 Å². The lowest BCUT2D eigenvalue weighted by molar-refractivity contribution is -0.125. The highest BCUT2D eigenvalue weighted by Crippen LogP contribution is 2.44. The Morgan fingerprint density at radius 2 is 1.41 bits per heavy atom. The number of ether oxygens (including phenoxy) is 3. The summed E-state index contributed by atoms with van der Waals surface area (Å²) < 4.78 is 51.1. The molecule has 4 heterocycles. The maximum Gasteiger partial charge on any atom is 0.272 e. The van der Waals surface area contributed by atoms with Crippen LogP contribution >= 0.6 is 21.6 Å². The Hall–Kier alpha value is -6.34. The van der Waals surface area contributed by atoms with E-state index in [0.717, 1.165) is 54.5 Å². The highest BCUT2D eigenvalue weighted by Gasteiger charge is 2.48. The van der Waals surface area contributed by atoms with Crippen LogP contribution in [0, 0.1) is 12.8 Å². The van der Waals surface area contributed by atoms with E-state index in [1.165, 1.54) is 0 Å². The molecule has 0 radical (unpaired) electrons. The zero-order valence-corrected chi connectivity index (χ0v) is 47.7. The Morgan fingerprint density at radius 3 is 2.10 bits per heavy atom. The minimum absolute atomic E-state index is 0.0111. The number of ketones is 1. The number of amides is 4. The van der Waals surface area contributed by atoms with E-state index >= 15 is 0 Å². The van der Waals surface area contributed by atoms with Gasteiger partial charge in [0.25, 0.3) is 21.9 Å². The van der Waals surface area contributed by atoms with E-state index in [-0.39, 0.29) is 66.3 Å². The zero-order valence-electron chi connectivity index (χ0n) is 45.3. The van der Waals surface area contributed by atoms with Crippen LogP contribution in [0.5, 0.6) is 17.2 Å². The van der Waals surface area contributed by atoms with Gasteiger partial charge in [-0.1, -0.05) is 64.9 Å². The Kier molecular flexibility index (Phi) is 17.3. The number of para-hydroxylation sites is 2. The molecule has 1 unspecified atom stereocenters. The molecule has 0 fully saturated rings. The molecule has 4 aliphatic heterocycles. The lowest BCUT2D eigenvalue weighted by Crippen LogP contribution is -2.47. The number of carbonyl (C=O) groups excluding carboxylic acids is 5. The third kappa shape index (κ3) is 12.4. The monoisotopic (exact) mass is 1120 g/mol. The van der Waals surface area contributed by atoms with Crippen LogP contribution in [0.1, 0.15) is 119 Å². The van der Waals surface area contributed by atoms with E-state index in [1.807, 2.05) is 72.5 Å². The fourth-order valence-corrected chi connectivity index (χ4v) is 14.9. The molecule has 0 saturated carbocycles. The van der Waals surface area contributed by atoms with E-state index < -0.39 is 27.3 Å². The molecule has 2 N–H and O–H groups in total. The van der Waals surface area contributed by atoms with Gasteiger partial charge in [0.1, 0.15) is 30.0 Å². The van der Waals surface area contributed by atoms with Crippen molar-refractivity contribution < 1.29 is 50.8 Å².